The van der Waals surface area contributed by atoms with Crippen LogP contribution in [-0.4, -0.2) is 38.2 Å². The van der Waals surface area contributed by atoms with Crippen molar-refractivity contribution in [1.29, 1.82) is 0 Å². The standard InChI is InChI=1S/C14H24N2O3S/c1-3-16(20(17,18)10-9-19-4-2)12-14-8-6-5-7-13(14)11-15/h5-8H,3-4,9-12,15H2,1-2H3. The van der Waals surface area contributed by atoms with Crippen molar-refractivity contribution in [1.82, 2.24) is 4.31 Å². The van der Waals surface area contributed by atoms with Crippen LogP contribution in [0.2, 0.25) is 0 Å². The maximum absolute atomic E-state index is 12.3. The molecule has 0 spiro atoms. The van der Waals surface area contributed by atoms with Crippen LogP contribution in [0.15, 0.2) is 24.3 Å². The van der Waals surface area contributed by atoms with E-state index < -0.39 is 10.0 Å². The zero-order valence-corrected chi connectivity index (χ0v) is 13.0. The van der Waals surface area contributed by atoms with Gasteiger partial charge in [0.05, 0.1) is 12.4 Å². The minimum absolute atomic E-state index is 0.0134. The normalized spacial score (nSPS) is 12.0. The Kier molecular flexibility index (Phi) is 7.15. The molecular weight excluding hydrogens is 276 g/mol. The van der Waals surface area contributed by atoms with Crippen molar-refractivity contribution in [3.8, 4) is 0 Å². The molecule has 0 fully saturated rings. The topological polar surface area (TPSA) is 72.6 Å². The Balaban J connectivity index is 2.80. The molecule has 0 heterocycles. The van der Waals surface area contributed by atoms with Gasteiger partial charge in [0, 0.05) is 26.2 Å². The van der Waals surface area contributed by atoms with Crippen molar-refractivity contribution in [2.45, 2.75) is 26.9 Å². The Labute approximate surface area is 121 Å². The summed E-state index contributed by atoms with van der Waals surface area (Å²) in [6.07, 6.45) is 0. The van der Waals surface area contributed by atoms with Crippen molar-refractivity contribution in [3.05, 3.63) is 35.4 Å². The van der Waals surface area contributed by atoms with Crippen molar-refractivity contribution in [2.75, 3.05) is 25.5 Å². The van der Waals surface area contributed by atoms with Gasteiger partial charge in [0.2, 0.25) is 10.0 Å². The van der Waals surface area contributed by atoms with Gasteiger partial charge in [-0.15, -0.1) is 0 Å². The summed E-state index contributed by atoms with van der Waals surface area (Å²) < 4.78 is 31.1. The lowest BCUT2D eigenvalue weighted by molar-refractivity contribution is 0.162. The van der Waals surface area contributed by atoms with E-state index in [1.54, 1.807) is 0 Å². The fraction of sp³-hybridized carbons (Fsp3) is 0.571. The SMILES string of the molecule is CCOCCS(=O)(=O)N(CC)Cc1ccccc1CN. The first-order chi connectivity index (χ1) is 9.55. The number of sulfonamides is 1. The van der Waals surface area contributed by atoms with E-state index in [9.17, 15) is 8.42 Å². The molecule has 1 aromatic carbocycles. The second kappa shape index (κ2) is 8.36. The van der Waals surface area contributed by atoms with Gasteiger partial charge < -0.3 is 10.5 Å². The van der Waals surface area contributed by atoms with Gasteiger partial charge >= 0.3 is 0 Å². The molecule has 0 amide bonds. The van der Waals surface area contributed by atoms with Crippen LogP contribution in [0.25, 0.3) is 0 Å². The molecule has 0 bridgehead atoms. The van der Waals surface area contributed by atoms with Crippen LogP contribution in [0.1, 0.15) is 25.0 Å². The second-order valence-corrected chi connectivity index (χ2v) is 6.50. The van der Waals surface area contributed by atoms with Crippen molar-refractivity contribution >= 4 is 10.0 Å². The van der Waals surface area contributed by atoms with Crippen LogP contribution in [0.5, 0.6) is 0 Å². The number of benzene rings is 1. The van der Waals surface area contributed by atoms with Crippen molar-refractivity contribution < 1.29 is 13.2 Å². The summed E-state index contributed by atoms with van der Waals surface area (Å²) >= 11 is 0. The molecule has 1 rings (SSSR count). The summed E-state index contributed by atoms with van der Waals surface area (Å²) in [6.45, 7) is 5.65. The van der Waals surface area contributed by atoms with Gasteiger partial charge in [0.25, 0.3) is 0 Å². The number of hydrogen-bond donors (Lipinski definition) is 1. The van der Waals surface area contributed by atoms with Crippen molar-refractivity contribution in [2.24, 2.45) is 5.73 Å². The third-order valence-corrected chi connectivity index (χ3v) is 4.98. The van der Waals surface area contributed by atoms with Gasteiger partial charge in [-0.25, -0.2) is 8.42 Å². The van der Waals surface area contributed by atoms with E-state index in [0.29, 0.717) is 26.2 Å². The monoisotopic (exact) mass is 300 g/mol. The molecule has 114 valence electrons. The molecule has 2 N–H and O–H groups in total. The van der Waals surface area contributed by atoms with E-state index in [1.807, 2.05) is 38.1 Å². The molecule has 0 radical (unpaired) electrons. The average molecular weight is 300 g/mol. The molecule has 1 aromatic rings. The van der Waals surface area contributed by atoms with Gasteiger partial charge in [-0.05, 0) is 18.1 Å². The Hall–Kier alpha value is -0.950. The summed E-state index contributed by atoms with van der Waals surface area (Å²) in [5, 5.41) is 0. The summed E-state index contributed by atoms with van der Waals surface area (Å²) in [7, 11) is -3.30. The van der Waals surface area contributed by atoms with E-state index in [1.165, 1.54) is 4.31 Å². The average Bonchev–Trinajstić information content (AvgIpc) is 2.45. The fourth-order valence-electron chi connectivity index (χ4n) is 1.95. The minimum Gasteiger partial charge on any atom is -0.381 e. The Morgan fingerprint density at radius 3 is 2.40 bits per heavy atom. The highest BCUT2D eigenvalue weighted by Crippen LogP contribution is 2.14. The van der Waals surface area contributed by atoms with Crippen LogP contribution >= 0.6 is 0 Å². The largest absolute Gasteiger partial charge is 0.381 e. The van der Waals surface area contributed by atoms with Crippen LogP contribution < -0.4 is 5.73 Å². The molecule has 0 saturated carbocycles. The third kappa shape index (κ3) is 4.86. The summed E-state index contributed by atoms with van der Waals surface area (Å²) in [4.78, 5) is 0. The fourth-order valence-corrected chi connectivity index (χ4v) is 3.26. The van der Waals surface area contributed by atoms with E-state index >= 15 is 0 Å². The summed E-state index contributed by atoms with van der Waals surface area (Å²) in [5.41, 5.74) is 7.62. The second-order valence-electron chi connectivity index (χ2n) is 4.41. The summed E-state index contributed by atoms with van der Waals surface area (Å²) in [6, 6.07) is 7.65. The number of nitrogens with zero attached hydrogens (tertiary/aromatic N) is 1. The first kappa shape index (κ1) is 17.1. The molecule has 0 aromatic heterocycles. The molecule has 0 aliphatic rings. The van der Waals surface area contributed by atoms with Gasteiger partial charge in [-0.3, -0.25) is 0 Å². The number of ether oxygens (including phenoxy) is 1. The Bertz CT molecular complexity index is 503. The smallest absolute Gasteiger partial charge is 0.216 e. The number of hydrogen-bond acceptors (Lipinski definition) is 4. The summed E-state index contributed by atoms with van der Waals surface area (Å²) in [5.74, 6) is 0.0134. The maximum Gasteiger partial charge on any atom is 0.216 e. The van der Waals surface area contributed by atoms with Crippen molar-refractivity contribution in [3.63, 3.8) is 0 Å². The van der Waals surface area contributed by atoms with E-state index in [-0.39, 0.29) is 12.4 Å². The lowest BCUT2D eigenvalue weighted by atomic mass is 10.1. The molecular formula is C14H24N2O3S. The predicted octanol–water partition coefficient (Wildman–Crippen LogP) is 1.33. The third-order valence-electron chi connectivity index (χ3n) is 3.12. The molecule has 0 unspecified atom stereocenters. The molecule has 0 aliphatic heterocycles. The molecule has 0 aliphatic carbocycles. The van der Waals surface area contributed by atoms with Crippen LogP contribution in [0.4, 0.5) is 0 Å². The quantitative estimate of drug-likeness (QED) is 0.698. The van der Waals surface area contributed by atoms with Crippen LogP contribution in [-0.2, 0) is 27.8 Å². The zero-order chi connectivity index (χ0) is 15.0. The lowest BCUT2D eigenvalue weighted by Crippen LogP contribution is -2.34. The molecule has 0 atom stereocenters. The van der Waals surface area contributed by atoms with Gasteiger partial charge in [-0.2, -0.15) is 4.31 Å². The van der Waals surface area contributed by atoms with E-state index in [0.717, 1.165) is 11.1 Å². The minimum atomic E-state index is -3.30. The lowest BCUT2D eigenvalue weighted by Gasteiger charge is -2.21. The van der Waals surface area contributed by atoms with Gasteiger partial charge in [-0.1, -0.05) is 31.2 Å². The molecule has 0 saturated heterocycles. The molecule has 20 heavy (non-hydrogen) atoms. The Morgan fingerprint density at radius 1 is 1.20 bits per heavy atom. The number of nitrogens with two attached hydrogens (primary N) is 1. The highest BCUT2D eigenvalue weighted by molar-refractivity contribution is 7.89. The van der Waals surface area contributed by atoms with E-state index in [2.05, 4.69) is 0 Å². The van der Waals surface area contributed by atoms with Crippen LogP contribution in [0.3, 0.4) is 0 Å². The van der Waals surface area contributed by atoms with E-state index in [4.69, 9.17) is 10.5 Å². The first-order valence-corrected chi connectivity index (χ1v) is 8.48. The zero-order valence-electron chi connectivity index (χ0n) is 12.2. The highest BCUT2D eigenvalue weighted by Gasteiger charge is 2.21. The van der Waals surface area contributed by atoms with Gasteiger partial charge in [0.1, 0.15) is 0 Å². The maximum atomic E-state index is 12.3. The van der Waals surface area contributed by atoms with Crippen LogP contribution in [0, 0.1) is 0 Å². The molecule has 6 heteroatoms. The molecule has 5 nitrogen and oxygen atoms in total. The van der Waals surface area contributed by atoms with Gasteiger partial charge in [0.15, 0.2) is 0 Å². The highest BCUT2D eigenvalue weighted by atomic mass is 32.2. The number of rotatable bonds is 9. The first-order valence-electron chi connectivity index (χ1n) is 6.87. The predicted molar refractivity (Wildman–Crippen MR) is 80.7 cm³/mol. The Morgan fingerprint density at radius 2 is 1.85 bits per heavy atom.